The second-order valence-corrected chi connectivity index (χ2v) is 5.43. The quantitative estimate of drug-likeness (QED) is 0.746. The summed E-state index contributed by atoms with van der Waals surface area (Å²) in [6.45, 7) is 0.442. The zero-order valence-corrected chi connectivity index (χ0v) is 13.4. The molecule has 24 heavy (non-hydrogen) atoms. The molecule has 0 aliphatic carbocycles. The number of ether oxygens (including phenoxy) is 1. The third kappa shape index (κ3) is 3.12. The molecule has 3 rings (SSSR count). The molecule has 122 valence electrons. The number of carbonyl (C=O) groups is 1. The molecule has 0 radical (unpaired) electrons. The fourth-order valence-corrected chi connectivity index (χ4v) is 2.51. The fourth-order valence-electron chi connectivity index (χ4n) is 2.51. The van der Waals surface area contributed by atoms with E-state index in [9.17, 15) is 9.59 Å². The fraction of sp³-hybridized carbons (Fsp3) is 0.167. The number of aromatic amines is 1. The van der Waals surface area contributed by atoms with Crippen LogP contribution in [0.1, 0.15) is 16.2 Å². The van der Waals surface area contributed by atoms with E-state index in [1.165, 1.54) is 7.11 Å². The maximum absolute atomic E-state index is 12.2. The Morgan fingerprint density at radius 2 is 1.96 bits per heavy atom. The Bertz CT molecular complexity index is 935. The summed E-state index contributed by atoms with van der Waals surface area (Å²) in [4.78, 5) is 33.1. The second-order valence-electron chi connectivity index (χ2n) is 5.43. The highest BCUT2D eigenvalue weighted by Crippen LogP contribution is 2.15. The van der Waals surface area contributed by atoms with Crippen LogP contribution < -0.4 is 10.5 Å². The Balaban J connectivity index is 1.97. The molecule has 0 aliphatic heterocycles. The standard InChI is InChI=1S/C18H17N3O3/c1-21(13-6-4-3-5-7-13)11-16-19-15-10-12(18(23)24-2)8-9-14(15)17(22)20-16/h3-10H,11H2,1-2H3,(H,19,20,22). The number of anilines is 1. The maximum atomic E-state index is 12.2. The van der Waals surface area contributed by atoms with Gasteiger partial charge in [-0.25, -0.2) is 9.78 Å². The Labute approximate surface area is 138 Å². The molecule has 0 aliphatic rings. The van der Waals surface area contributed by atoms with Gasteiger partial charge in [-0.1, -0.05) is 18.2 Å². The lowest BCUT2D eigenvalue weighted by Crippen LogP contribution is -2.21. The summed E-state index contributed by atoms with van der Waals surface area (Å²) >= 11 is 0. The van der Waals surface area contributed by atoms with Gasteiger partial charge in [0.25, 0.3) is 5.56 Å². The largest absolute Gasteiger partial charge is 0.465 e. The first-order chi connectivity index (χ1) is 11.6. The number of hydrogen-bond acceptors (Lipinski definition) is 5. The number of benzene rings is 2. The molecule has 0 amide bonds. The lowest BCUT2D eigenvalue weighted by atomic mass is 10.1. The molecule has 0 saturated heterocycles. The molecule has 3 aromatic rings. The normalized spacial score (nSPS) is 10.6. The van der Waals surface area contributed by atoms with Crippen LogP contribution in [0.2, 0.25) is 0 Å². The van der Waals surface area contributed by atoms with E-state index >= 15 is 0 Å². The van der Waals surface area contributed by atoms with Crippen LogP contribution in [0.5, 0.6) is 0 Å². The zero-order valence-electron chi connectivity index (χ0n) is 13.4. The van der Waals surface area contributed by atoms with E-state index in [0.29, 0.717) is 28.8 Å². The monoisotopic (exact) mass is 323 g/mol. The van der Waals surface area contributed by atoms with Crippen molar-refractivity contribution in [1.29, 1.82) is 0 Å². The average molecular weight is 323 g/mol. The smallest absolute Gasteiger partial charge is 0.337 e. The van der Waals surface area contributed by atoms with Gasteiger partial charge in [-0.15, -0.1) is 0 Å². The molecule has 0 bridgehead atoms. The zero-order chi connectivity index (χ0) is 17.1. The van der Waals surface area contributed by atoms with Crippen molar-refractivity contribution in [3.63, 3.8) is 0 Å². The summed E-state index contributed by atoms with van der Waals surface area (Å²) < 4.78 is 4.71. The van der Waals surface area contributed by atoms with Crippen LogP contribution >= 0.6 is 0 Å². The molecule has 2 aromatic carbocycles. The number of esters is 1. The van der Waals surface area contributed by atoms with E-state index in [1.54, 1.807) is 18.2 Å². The number of carbonyl (C=O) groups excluding carboxylic acids is 1. The number of nitrogens with one attached hydrogen (secondary N) is 1. The Morgan fingerprint density at radius 1 is 1.21 bits per heavy atom. The highest BCUT2D eigenvalue weighted by atomic mass is 16.5. The van der Waals surface area contributed by atoms with Crippen LogP contribution in [0.4, 0.5) is 5.69 Å². The average Bonchev–Trinajstić information content (AvgIpc) is 2.61. The van der Waals surface area contributed by atoms with Gasteiger partial charge in [0.1, 0.15) is 5.82 Å². The van der Waals surface area contributed by atoms with Gasteiger partial charge in [-0.2, -0.15) is 0 Å². The molecule has 0 atom stereocenters. The van der Waals surface area contributed by atoms with E-state index in [-0.39, 0.29) is 5.56 Å². The minimum Gasteiger partial charge on any atom is -0.465 e. The number of fused-ring (bicyclic) bond motifs is 1. The number of nitrogens with zero attached hydrogens (tertiary/aromatic N) is 2. The van der Waals surface area contributed by atoms with Crippen LogP contribution in [-0.2, 0) is 11.3 Å². The number of hydrogen-bond donors (Lipinski definition) is 1. The van der Waals surface area contributed by atoms with Crippen LogP contribution in [-0.4, -0.2) is 30.1 Å². The van der Waals surface area contributed by atoms with E-state index in [1.807, 2.05) is 42.3 Å². The van der Waals surface area contributed by atoms with Crippen molar-refractivity contribution in [2.24, 2.45) is 0 Å². The summed E-state index contributed by atoms with van der Waals surface area (Å²) in [6, 6.07) is 14.5. The minimum absolute atomic E-state index is 0.229. The number of aromatic nitrogens is 2. The van der Waals surface area contributed by atoms with Gasteiger partial charge in [0.2, 0.25) is 0 Å². The summed E-state index contributed by atoms with van der Waals surface area (Å²) in [7, 11) is 3.24. The van der Waals surface area contributed by atoms with E-state index in [4.69, 9.17) is 4.74 Å². The first-order valence-corrected chi connectivity index (χ1v) is 7.46. The van der Waals surface area contributed by atoms with Crippen LogP contribution in [0.3, 0.4) is 0 Å². The van der Waals surface area contributed by atoms with Gasteiger partial charge < -0.3 is 14.6 Å². The number of para-hydroxylation sites is 1. The van der Waals surface area contributed by atoms with Crippen molar-refractivity contribution >= 4 is 22.6 Å². The molecule has 6 heteroatoms. The third-order valence-corrected chi connectivity index (χ3v) is 3.76. The number of rotatable bonds is 4. The molecule has 1 N–H and O–H groups in total. The van der Waals surface area contributed by atoms with Gasteiger partial charge in [-0.05, 0) is 30.3 Å². The summed E-state index contributed by atoms with van der Waals surface area (Å²) in [5, 5.41) is 0.439. The minimum atomic E-state index is -0.457. The van der Waals surface area contributed by atoms with E-state index < -0.39 is 5.97 Å². The van der Waals surface area contributed by atoms with Gasteiger partial charge in [-0.3, -0.25) is 4.79 Å². The second kappa shape index (κ2) is 6.54. The molecule has 0 fully saturated rings. The lowest BCUT2D eigenvalue weighted by Gasteiger charge is -2.18. The Morgan fingerprint density at radius 3 is 2.67 bits per heavy atom. The van der Waals surface area contributed by atoms with Crippen molar-refractivity contribution in [2.45, 2.75) is 6.54 Å². The highest BCUT2D eigenvalue weighted by molar-refractivity contribution is 5.93. The molecule has 1 aromatic heterocycles. The SMILES string of the molecule is COC(=O)c1ccc2c(=O)[nH]c(CN(C)c3ccccc3)nc2c1. The molecule has 0 saturated carbocycles. The summed E-state index contributed by atoms with van der Waals surface area (Å²) in [5.74, 6) is 0.0720. The van der Waals surface area contributed by atoms with Crippen molar-refractivity contribution in [2.75, 3.05) is 19.1 Å². The van der Waals surface area contributed by atoms with Crippen molar-refractivity contribution in [3.8, 4) is 0 Å². The highest BCUT2D eigenvalue weighted by Gasteiger charge is 2.11. The number of H-pyrrole nitrogens is 1. The van der Waals surface area contributed by atoms with Crippen LogP contribution in [0, 0.1) is 0 Å². The van der Waals surface area contributed by atoms with Gasteiger partial charge in [0, 0.05) is 12.7 Å². The maximum Gasteiger partial charge on any atom is 0.337 e. The Kier molecular flexibility index (Phi) is 4.29. The van der Waals surface area contributed by atoms with Gasteiger partial charge >= 0.3 is 5.97 Å². The first-order valence-electron chi connectivity index (χ1n) is 7.46. The lowest BCUT2D eigenvalue weighted by molar-refractivity contribution is 0.0601. The molecule has 6 nitrogen and oxygen atoms in total. The molecule has 0 unspecified atom stereocenters. The van der Waals surface area contributed by atoms with E-state index in [2.05, 4.69) is 9.97 Å². The van der Waals surface area contributed by atoms with Crippen molar-refractivity contribution in [1.82, 2.24) is 9.97 Å². The summed E-state index contributed by atoms with van der Waals surface area (Å²) in [5.41, 5.74) is 1.63. The van der Waals surface area contributed by atoms with Gasteiger partial charge in [0.15, 0.2) is 0 Å². The predicted octanol–water partition coefficient (Wildman–Crippen LogP) is 2.35. The molecule has 1 heterocycles. The molecule has 0 spiro atoms. The van der Waals surface area contributed by atoms with Crippen LogP contribution in [0.25, 0.3) is 10.9 Å². The van der Waals surface area contributed by atoms with E-state index in [0.717, 1.165) is 5.69 Å². The Hall–Kier alpha value is -3.15. The number of methoxy groups -OCH3 is 1. The molecular formula is C18H17N3O3. The van der Waals surface area contributed by atoms with Crippen molar-refractivity contribution in [3.05, 3.63) is 70.3 Å². The topological polar surface area (TPSA) is 75.3 Å². The third-order valence-electron chi connectivity index (χ3n) is 3.76. The predicted molar refractivity (Wildman–Crippen MR) is 92.3 cm³/mol. The summed E-state index contributed by atoms with van der Waals surface area (Å²) in [6.07, 6.45) is 0. The van der Waals surface area contributed by atoms with Crippen molar-refractivity contribution < 1.29 is 9.53 Å². The van der Waals surface area contributed by atoms with Crippen LogP contribution in [0.15, 0.2) is 53.3 Å². The molecular weight excluding hydrogens is 306 g/mol. The van der Waals surface area contributed by atoms with Gasteiger partial charge in [0.05, 0.1) is 30.1 Å². The first kappa shape index (κ1) is 15.7.